The summed E-state index contributed by atoms with van der Waals surface area (Å²) in [7, 11) is 1.66. The van der Waals surface area contributed by atoms with Gasteiger partial charge in [-0.15, -0.1) is 10.2 Å². The van der Waals surface area contributed by atoms with E-state index in [1.165, 1.54) is 22.9 Å². The minimum atomic E-state index is -0.0369. The molecule has 6 nitrogen and oxygen atoms in total. The molecule has 0 spiro atoms. The molecule has 1 heterocycles. The number of hydrogen-bond donors (Lipinski definition) is 1. The highest BCUT2D eigenvalue weighted by Crippen LogP contribution is 2.17. The van der Waals surface area contributed by atoms with Gasteiger partial charge in [-0.25, -0.2) is 0 Å². The monoisotopic (exact) mass is 411 g/mol. The van der Waals surface area contributed by atoms with Crippen LogP contribution in [0.2, 0.25) is 0 Å². The summed E-state index contributed by atoms with van der Waals surface area (Å²) in [6.07, 6.45) is 3.37. The summed E-state index contributed by atoms with van der Waals surface area (Å²) in [5.41, 5.74) is 2.45. The van der Waals surface area contributed by atoms with Gasteiger partial charge in [-0.05, 0) is 42.5 Å². The molecular weight excluding hydrogens is 386 g/mol. The van der Waals surface area contributed by atoms with Crippen LogP contribution in [-0.4, -0.2) is 35.5 Å². The average Bonchev–Trinajstić information content (AvgIpc) is 3.21. The van der Waals surface area contributed by atoms with Gasteiger partial charge in [0, 0.05) is 13.0 Å². The minimum Gasteiger partial charge on any atom is -0.497 e. The molecule has 3 rings (SSSR count). The van der Waals surface area contributed by atoms with Crippen molar-refractivity contribution in [3.63, 3.8) is 0 Å². The van der Waals surface area contributed by atoms with Crippen LogP contribution in [0, 0.1) is 0 Å². The van der Waals surface area contributed by atoms with Crippen LogP contribution in [0.25, 0.3) is 0 Å². The Morgan fingerprint density at radius 2 is 1.76 bits per heavy atom. The third-order valence-corrected chi connectivity index (χ3v) is 5.19. The number of thioether (sulfide) groups is 1. The van der Waals surface area contributed by atoms with Crippen LogP contribution in [-0.2, 0) is 24.1 Å². The first-order valence-electron chi connectivity index (χ1n) is 9.61. The van der Waals surface area contributed by atoms with E-state index in [9.17, 15) is 4.79 Å². The van der Waals surface area contributed by atoms with Gasteiger partial charge in [0.25, 0.3) is 5.22 Å². The Labute approximate surface area is 175 Å². The smallest absolute Gasteiger partial charge is 0.277 e. The van der Waals surface area contributed by atoms with E-state index in [4.69, 9.17) is 9.15 Å². The van der Waals surface area contributed by atoms with Crippen molar-refractivity contribution in [1.82, 2.24) is 15.5 Å². The number of rotatable bonds is 11. The fourth-order valence-electron chi connectivity index (χ4n) is 2.80. The molecule has 0 aliphatic carbocycles. The first-order valence-corrected chi connectivity index (χ1v) is 10.6. The number of methoxy groups -OCH3 is 1. The topological polar surface area (TPSA) is 77.2 Å². The highest BCUT2D eigenvalue weighted by atomic mass is 32.2. The van der Waals surface area contributed by atoms with E-state index in [2.05, 4.69) is 39.8 Å². The summed E-state index contributed by atoms with van der Waals surface area (Å²) in [6, 6.07) is 18.1. The van der Waals surface area contributed by atoms with Crippen LogP contribution < -0.4 is 10.1 Å². The molecule has 0 fully saturated rings. The van der Waals surface area contributed by atoms with Crippen molar-refractivity contribution < 1.29 is 13.9 Å². The van der Waals surface area contributed by atoms with Crippen molar-refractivity contribution in [1.29, 1.82) is 0 Å². The fraction of sp³-hybridized carbons (Fsp3) is 0.318. The molecule has 0 unspecified atom stereocenters. The Balaban J connectivity index is 1.32. The SMILES string of the molecule is COc1ccc(CCCc2nnc(SCC(=O)NCCc3ccccc3)o2)cc1. The Hall–Kier alpha value is -2.80. The predicted octanol–water partition coefficient (Wildman–Crippen LogP) is 3.70. The highest BCUT2D eigenvalue weighted by molar-refractivity contribution is 7.99. The van der Waals surface area contributed by atoms with Crippen LogP contribution in [0.3, 0.4) is 0 Å². The first kappa shape index (κ1) is 20.9. The second-order valence-electron chi connectivity index (χ2n) is 6.54. The Morgan fingerprint density at radius 3 is 2.52 bits per heavy atom. The molecule has 1 N–H and O–H groups in total. The molecule has 7 heteroatoms. The summed E-state index contributed by atoms with van der Waals surface area (Å²) in [5, 5.41) is 11.4. The Kier molecular flexibility index (Phi) is 8.12. The summed E-state index contributed by atoms with van der Waals surface area (Å²) >= 11 is 1.26. The summed E-state index contributed by atoms with van der Waals surface area (Å²) in [6.45, 7) is 0.615. The number of aromatic nitrogens is 2. The lowest BCUT2D eigenvalue weighted by atomic mass is 10.1. The third kappa shape index (κ3) is 7.27. The van der Waals surface area contributed by atoms with Crippen molar-refractivity contribution in [2.45, 2.75) is 30.9 Å². The standard InChI is InChI=1S/C22H25N3O3S/c1-27-19-12-10-18(11-13-19)8-5-9-21-24-25-22(28-21)29-16-20(26)23-15-14-17-6-3-2-4-7-17/h2-4,6-7,10-13H,5,8-9,14-16H2,1H3,(H,23,26). The summed E-state index contributed by atoms with van der Waals surface area (Å²) in [4.78, 5) is 12.0. The fourth-order valence-corrected chi connectivity index (χ4v) is 3.41. The number of benzene rings is 2. The average molecular weight is 412 g/mol. The van der Waals surface area contributed by atoms with Crippen molar-refractivity contribution in [2.75, 3.05) is 19.4 Å². The molecule has 0 radical (unpaired) electrons. The lowest BCUT2D eigenvalue weighted by Gasteiger charge is -2.04. The molecule has 3 aromatic rings. The lowest BCUT2D eigenvalue weighted by Crippen LogP contribution is -2.27. The molecule has 152 valence electrons. The van der Waals surface area contributed by atoms with E-state index in [-0.39, 0.29) is 11.7 Å². The van der Waals surface area contributed by atoms with Crippen LogP contribution in [0.4, 0.5) is 0 Å². The van der Waals surface area contributed by atoms with Crippen molar-refractivity contribution in [3.05, 3.63) is 71.6 Å². The summed E-state index contributed by atoms with van der Waals surface area (Å²) in [5.74, 6) is 1.69. The quantitative estimate of drug-likeness (QED) is 0.485. The predicted molar refractivity (Wildman–Crippen MR) is 113 cm³/mol. The van der Waals surface area contributed by atoms with Crippen molar-refractivity contribution in [2.24, 2.45) is 0 Å². The number of hydrogen-bond acceptors (Lipinski definition) is 6. The number of carbonyl (C=O) groups is 1. The highest BCUT2D eigenvalue weighted by Gasteiger charge is 2.09. The molecule has 0 aliphatic rings. The van der Waals surface area contributed by atoms with Crippen LogP contribution in [0.5, 0.6) is 5.75 Å². The Morgan fingerprint density at radius 1 is 1.00 bits per heavy atom. The van der Waals surface area contributed by atoms with E-state index in [0.717, 1.165) is 25.0 Å². The normalized spacial score (nSPS) is 10.7. The van der Waals surface area contributed by atoms with Gasteiger partial charge in [0.2, 0.25) is 11.8 Å². The zero-order valence-corrected chi connectivity index (χ0v) is 17.3. The molecule has 0 aliphatic heterocycles. The van der Waals surface area contributed by atoms with Crippen LogP contribution in [0.15, 0.2) is 64.2 Å². The maximum atomic E-state index is 12.0. The van der Waals surface area contributed by atoms with E-state index in [1.807, 2.05) is 30.3 Å². The third-order valence-electron chi connectivity index (χ3n) is 4.37. The molecule has 0 saturated carbocycles. The number of nitrogens with zero attached hydrogens (tertiary/aromatic N) is 2. The van der Waals surface area contributed by atoms with Crippen molar-refractivity contribution >= 4 is 17.7 Å². The van der Waals surface area contributed by atoms with Gasteiger partial charge in [-0.3, -0.25) is 4.79 Å². The molecular formula is C22H25N3O3S. The number of carbonyl (C=O) groups excluding carboxylic acids is 1. The second kappa shape index (κ2) is 11.3. The molecule has 2 aromatic carbocycles. The van der Waals surface area contributed by atoms with Crippen LogP contribution >= 0.6 is 11.8 Å². The van der Waals surface area contributed by atoms with E-state index in [0.29, 0.717) is 24.1 Å². The molecule has 0 saturated heterocycles. The van der Waals surface area contributed by atoms with E-state index in [1.54, 1.807) is 7.11 Å². The molecule has 0 atom stereocenters. The zero-order chi connectivity index (χ0) is 20.3. The maximum Gasteiger partial charge on any atom is 0.277 e. The van der Waals surface area contributed by atoms with Gasteiger partial charge in [0.15, 0.2) is 0 Å². The Bertz CT molecular complexity index is 882. The minimum absolute atomic E-state index is 0.0369. The lowest BCUT2D eigenvalue weighted by molar-refractivity contribution is -0.118. The second-order valence-corrected chi connectivity index (χ2v) is 7.46. The van der Waals surface area contributed by atoms with Gasteiger partial charge < -0.3 is 14.5 Å². The number of aryl methyl sites for hydroxylation is 2. The first-order chi connectivity index (χ1) is 14.2. The van der Waals surface area contributed by atoms with E-state index >= 15 is 0 Å². The van der Waals surface area contributed by atoms with E-state index < -0.39 is 0 Å². The summed E-state index contributed by atoms with van der Waals surface area (Å²) < 4.78 is 10.8. The molecule has 1 aromatic heterocycles. The number of amides is 1. The van der Waals surface area contributed by atoms with Crippen molar-refractivity contribution in [3.8, 4) is 5.75 Å². The van der Waals surface area contributed by atoms with Gasteiger partial charge in [0.1, 0.15) is 5.75 Å². The largest absolute Gasteiger partial charge is 0.497 e. The van der Waals surface area contributed by atoms with Gasteiger partial charge >= 0.3 is 0 Å². The van der Waals surface area contributed by atoms with Crippen LogP contribution in [0.1, 0.15) is 23.4 Å². The number of nitrogens with one attached hydrogen (secondary N) is 1. The number of ether oxygens (including phenoxy) is 1. The molecule has 29 heavy (non-hydrogen) atoms. The van der Waals surface area contributed by atoms with Gasteiger partial charge in [-0.2, -0.15) is 0 Å². The maximum absolute atomic E-state index is 12.0. The van der Waals surface area contributed by atoms with Gasteiger partial charge in [-0.1, -0.05) is 54.2 Å². The van der Waals surface area contributed by atoms with Gasteiger partial charge in [0.05, 0.1) is 12.9 Å². The molecule has 1 amide bonds. The molecule has 0 bridgehead atoms. The zero-order valence-electron chi connectivity index (χ0n) is 16.5.